The molecule has 1 N–H and O–H groups in total. The molecule has 5 rings (SSSR count). The standard InChI is InChI=1S/C25H21N3O5/c1-14-6-4-5-7-20(14)28-24(30)19(23(29)26-25(28)31)11-17-10-15(2)27(16(17)3)18-8-9-21-22(12-18)33-13-32-21/h4-12H,13H2,1-3H3,(H,26,29,31)/b19-11+. The van der Waals surface area contributed by atoms with Crippen LogP contribution in [0.15, 0.2) is 54.1 Å². The molecule has 0 unspecified atom stereocenters. The zero-order valence-corrected chi connectivity index (χ0v) is 18.3. The number of nitrogens with one attached hydrogen (secondary N) is 1. The van der Waals surface area contributed by atoms with Gasteiger partial charge in [-0.2, -0.15) is 0 Å². The lowest BCUT2D eigenvalue weighted by molar-refractivity contribution is -0.122. The zero-order chi connectivity index (χ0) is 23.3. The number of anilines is 1. The van der Waals surface area contributed by atoms with Crippen LogP contribution in [0.1, 0.15) is 22.5 Å². The summed E-state index contributed by atoms with van der Waals surface area (Å²) in [6.07, 6.45) is 1.53. The van der Waals surface area contributed by atoms with Crippen molar-refractivity contribution in [3.05, 3.63) is 76.6 Å². The largest absolute Gasteiger partial charge is 0.454 e. The van der Waals surface area contributed by atoms with E-state index in [9.17, 15) is 14.4 Å². The SMILES string of the molecule is Cc1ccccc1N1C(=O)NC(=O)/C(=C\c2cc(C)n(-c3ccc4c(c3)OCO4)c2C)C1=O. The number of urea groups is 1. The highest BCUT2D eigenvalue weighted by atomic mass is 16.7. The Balaban J connectivity index is 1.55. The molecule has 0 aliphatic carbocycles. The Morgan fingerprint density at radius 2 is 1.70 bits per heavy atom. The number of aryl methyl sites for hydroxylation is 2. The van der Waals surface area contributed by atoms with Crippen molar-refractivity contribution in [1.82, 2.24) is 9.88 Å². The van der Waals surface area contributed by atoms with E-state index in [4.69, 9.17) is 9.47 Å². The first-order valence-corrected chi connectivity index (χ1v) is 10.4. The van der Waals surface area contributed by atoms with Gasteiger partial charge < -0.3 is 14.0 Å². The fraction of sp³-hybridized carbons (Fsp3) is 0.160. The number of para-hydroxylation sites is 1. The highest BCUT2D eigenvalue weighted by Crippen LogP contribution is 2.35. The Bertz CT molecular complexity index is 1370. The molecule has 2 aliphatic heterocycles. The third-order valence-corrected chi connectivity index (χ3v) is 5.84. The quantitative estimate of drug-likeness (QED) is 0.491. The van der Waals surface area contributed by atoms with E-state index in [1.165, 1.54) is 6.08 Å². The summed E-state index contributed by atoms with van der Waals surface area (Å²) in [5, 5.41) is 2.28. The van der Waals surface area contributed by atoms with Crippen LogP contribution in [0.2, 0.25) is 0 Å². The maximum atomic E-state index is 13.2. The van der Waals surface area contributed by atoms with Gasteiger partial charge in [-0.25, -0.2) is 9.69 Å². The number of hydrogen-bond donors (Lipinski definition) is 1. The van der Waals surface area contributed by atoms with E-state index < -0.39 is 17.8 Å². The molecule has 33 heavy (non-hydrogen) atoms. The van der Waals surface area contributed by atoms with E-state index in [1.54, 1.807) is 25.1 Å². The van der Waals surface area contributed by atoms with Crippen LogP contribution >= 0.6 is 0 Å². The van der Waals surface area contributed by atoms with Crippen LogP contribution in [0.25, 0.3) is 11.8 Å². The van der Waals surface area contributed by atoms with Crippen LogP contribution in [0.4, 0.5) is 10.5 Å². The Labute approximate surface area is 190 Å². The molecule has 8 heteroatoms. The number of imide groups is 2. The molecule has 1 fully saturated rings. The number of fused-ring (bicyclic) bond motifs is 1. The van der Waals surface area contributed by atoms with Crippen LogP contribution < -0.4 is 19.7 Å². The van der Waals surface area contributed by atoms with Crippen molar-refractivity contribution < 1.29 is 23.9 Å². The normalized spacial score (nSPS) is 16.5. The molecule has 0 atom stereocenters. The molecule has 1 saturated heterocycles. The molecule has 0 spiro atoms. The highest BCUT2D eigenvalue weighted by molar-refractivity contribution is 6.39. The molecule has 166 valence electrons. The van der Waals surface area contributed by atoms with E-state index in [0.717, 1.165) is 27.5 Å². The van der Waals surface area contributed by atoms with E-state index in [0.29, 0.717) is 22.7 Å². The first kappa shape index (κ1) is 20.6. The monoisotopic (exact) mass is 443 g/mol. The summed E-state index contributed by atoms with van der Waals surface area (Å²) in [6, 6.07) is 13.8. The third kappa shape index (κ3) is 3.36. The van der Waals surface area contributed by atoms with Crippen molar-refractivity contribution in [2.24, 2.45) is 0 Å². The smallest absolute Gasteiger partial charge is 0.335 e. The number of nitrogens with zero attached hydrogens (tertiary/aromatic N) is 2. The van der Waals surface area contributed by atoms with Gasteiger partial charge in [0.2, 0.25) is 6.79 Å². The summed E-state index contributed by atoms with van der Waals surface area (Å²) in [5.74, 6) is -0.0308. The van der Waals surface area contributed by atoms with E-state index in [-0.39, 0.29) is 12.4 Å². The predicted molar refractivity (Wildman–Crippen MR) is 122 cm³/mol. The van der Waals surface area contributed by atoms with Gasteiger partial charge in [0.25, 0.3) is 11.8 Å². The lowest BCUT2D eigenvalue weighted by Gasteiger charge is -2.27. The van der Waals surface area contributed by atoms with Gasteiger partial charge in [0.05, 0.1) is 5.69 Å². The Kier molecular flexibility index (Phi) is 4.78. The van der Waals surface area contributed by atoms with Crippen LogP contribution in [-0.4, -0.2) is 29.2 Å². The second kappa shape index (κ2) is 7.67. The summed E-state index contributed by atoms with van der Waals surface area (Å²) < 4.78 is 12.9. The maximum Gasteiger partial charge on any atom is 0.335 e. The second-order valence-corrected chi connectivity index (χ2v) is 7.94. The van der Waals surface area contributed by atoms with E-state index >= 15 is 0 Å². The summed E-state index contributed by atoms with van der Waals surface area (Å²) in [5.41, 5.74) is 4.38. The van der Waals surface area contributed by atoms with Crippen molar-refractivity contribution in [3.63, 3.8) is 0 Å². The molecule has 2 aliphatic rings. The Morgan fingerprint density at radius 1 is 0.939 bits per heavy atom. The number of carbonyl (C=O) groups excluding carboxylic acids is 3. The van der Waals surface area contributed by atoms with Gasteiger partial charge >= 0.3 is 6.03 Å². The summed E-state index contributed by atoms with van der Waals surface area (Å²) in [7, 11) is 0. The summed E-state index contributed by atoms with van der Waals surface area (Å²) in [4.78, 5) is 39.3. The fourth-order valence-corrected chi connectivity index (χ4v) is 4.20. The molecular formula is C25H21N3O5. The van der Waals surface area contributed by atoms with Crippen molar-refractivity contribution in [1.29, 1.82) is 0 Å². The Hall–Kier alpha value is -4.33. The molecule has 0 radical (unpaired) electrons. The third-order valence-electron chi connectivity index (χ3n) is 5.84. The van der Waals surface area contributed by atoms with Gasteiger partial charge in [0.15, 0.2) is 11.5 Å². The molecule has 4 amide bonds. The minimum Gasteiger partial charge on any atom is -0.454 e. The van der Waals surface area contributed by atoms with Gasteiger partial charge in [-0.1, -0.05) is 18.2 Å². The zero-order valence-electron chi connectivity index (χ0n) is 18.3. The number of barbiturate groups is 1. The molecule has 3 aromatic rings. The average Bonchev–Trinajstić information content (AvgIpc) is 3.35. The average molecular weight is 443 g/mol. The molecule has 3 heterocycles. The van der Waals surface area contributed by atoms with Crippen LogP contribution in [0.3, 0.4) is 0 Å². The number of carbonyl (C=O) groups is 3. The van der Waals surface area contributed by atoms with Crippen molar-refractivity contribution in [2.45, 2.75) is 20.8 Å². The molecule has 1 aromatic heterocycles. The first-order valence-electron chi connectivity index (χ1n) is 10.4. The van der Waals surface area contributed by atoms with Crippen LogP contribution in [0.5, 0.6) is 11.5 Å². The van der Waals surface area contributed by atoms with Gasteiger partial charge in [-0.15, -0.1) is 0 Å². The van der Waals surface area contributed by atoms with E-state index in [1.807, 2.05) is 48.7 Å². The summed E-state index contributed by atoms with van der Waals surface area (Å²) >= 11 is 0. The molecular weight excluding hydrogens is 422 g/mol. The van der Waals surface area contributed by atoms with Crippen molar-refractivity contribution in [3.8, 4) is 17.2 Å². The fourth-order valence-electron chi connectivity index (χ4n) is 4.20. The number of amides is 4. The number of hydrogen-bond acceptors (Lipinski definition) is 5. The lowest BCUT2D eigenvalue weighted by Crippen LogP contribution is -2.54. The number of ether oxygens (including phenoxy) is 2. The number of aromatic nitrogens is 1. The van der Waals surface area contributed by atoms with Crippen LogP contribution in [-0.2, 0) is 9.59 Å². The number of rotatable bonds is 3. The topological polar surface area (TPSA) is 89.9 Å². The van der Waals surface area contributed by atoms with Crippen molar-refractivity contribution >= 4 is 29.6 Å². The minimum atomic E-state index is -0.762. The van der Waals surface area contributed by atoms with Gasteiger partial charge in [-0.3, -0.25) is 14.9 Å². The lowest BCUT2D eigenvalue weighted by atomic mass is 10.1. The molecule has 8 nitrogen and oxygen atoms in total. The Morgan fingerprint density at radius 3 is 2.48 bits per heavy atom. The van der Waals surface area contributed by atoms with Gasteiger partial charge in [0.1, 0.15) is 5.57 Å². The van der Waals surface area contributed by atoms with Crippen molar-refractivity contribution in [2.75, 3.05) is 11.7 Å². The molecule has 0 bridgehead atoms. The molecule has 0 saturated carbocycles. The van der Waals surface area contributed by atoms with E-state index in [2.05, 4.69) is 5.32 Å². The second-order valence-electron chi connectivity index (χ2n) is 7.94. The number of benzene rings is 2. The van der Waals surface area contributed by atoms with Gasteiger partial charge in [0, 0.05) is 23.1 Å². The summed E-state index contributed by atoms with van der Waals surface area (Å²) in [6.45, 7) is 5.83. The minimum absolute atomic E-state index is 0.108. The highest BCUT2D eigenvalue weighted by Gasteiger charge is 2.37. The maximum absolute atomic E-state index is 13.2. The van der Waals surface area contributed by atoms with Gasteiger partial charge in [-0.05, 0) is 62.2 Å². The predicted octanol–water partition coefficient (Wildman–Crippen LogP) is 3.80. The first-order chi connectivity index (χ1) is 15.8. The molecule has 2 aromatic carbocycles. The van der Waals surface area contributed by atoms with Crippen LogP contribution in [0, 0.1) is 20.8 Å².